The number of aromatic nitrogens is 2. The van der Waals surface area contributed by atoms with Gasteiger partial charge in [-0.2, -0.15) is 5.26 Å². The lowest BCUT2D eigenvalue weighted by molar-refractivity contribution is -0.148. The van der Waals surface area contributed by atoms with Gasteiger partial charge in [0.25, 0.3) is 0 Å². The van der Waals surface area contributed by atoms with Crippen molar-refractivity contribution in [2.75, 3.05) is 6.54 Å². The first-order chi connectivity index (χ1) is 21.7. The molecule has 228 valence electrons. The predicted octanol–water partition coefficient (Wildman–Crippen LogP) is 7.79. The number of halogens is 1. The summed E-state index contributed by atoms with van der Waals surface area (Å²) in [5, 5.41) is 19.7. The Kier molecular flexibility index (Phi) is 8.72. The Morgan fingerprint density at radius 1 is 1.11 bits per heavy atom. The number of nitriles is 1. The van der Waals surface area contributed by atoms with Crippen molar-refractivity contribution in [2.24, 2.45) is 0 Å². The Morgan fingerprint density at radius 2 is 1.96 bits per heavy atom. The van der Waals surface area contributed by atoms with E-state index in [9.17, 15) is 15.2 Å². The molecule has 0 saturated carbocycles. The summed E-state index contributed by atoms with van der Waals surface area (Å²) in [5.74, 6) is 0.130. The number of carboxylic acids is 1. The fourth-order valence-corrected chi connectivity index (χ4v) is 6.69. The number of aliphatic carboxylic acids is 1. The van der Waals surface area contributed by atoms with Crippen LogP contribution in [-0.2, 0) is 24.6 Å². The number of hydrogen-bond acceptors (Lipinski definition) is 8. The number of pyridine rings is 1. The lowest BCUT2D eigenvalue weighted by Crippen LogP contribution is -2.47. The summed E-state index contributed by atoms with van der Waals surface area (Å²) in [6.45, 7) is 5.28. The summed E-state index contributed by atoms with van der Waals surface area (Å²) < 4.78 is 13.7. The fourth-order valence-electron chi connectivity index (χ4n) is 5.79. The molecule has 1 aliphatic rings. The van der Waals surface area contributed by atoms with Crippen LogP contribution in [0.4, 0.5) is 0 Å². The third-order valence-corrected chi connectivity index (χ3v) is 9.62. The normalized spacial score (nSPS) is 16.5. The Morgan fingerprint density at radius 3 is 2.78 bits per heavy atom. The second kappa shape index (κ2) is 12.9. The van der Waals surface area contributed by atoms with E-state index in [1.807, 2.05) is 22.5 Å². The first kappa shape index (κ1) is 30.5. The molecule has 1 aliphatic heterocycles. The average Bonchev–Trinajstić information content (AvgIpc) is 3.67. The number of thiazole rings is 1. The number of fused-ring (bicyclic) bond motifs is 1. The van der Waals surface area contributed by atoms with Gasteiger partial charge < -0.3 is 14.6 Å². The van der Waals surface area contributed by atoms with Crippen molar-refractivity contribution in [3.8, 4) is 28.7 Å². The number of benzene rings is 3. The Bertz CT molecular complexity index is 1940. The van der Waals surface area contributed by atoms with Crippen LogP contribution in [0.3, 0.4) is 0 Å². The maximum absolute atomic E-state index is 12.2. The van der Waals surface area contributed by atoms with Gasteiger partial charge in [-0.1, -0.05) is 35.9 Å². The molecule has 0 amide bonds. The zero-order valence-corrected chi connectivity index (χ0v) is 26.5. The van der Waals surface area contributed by atoms with Gasteiger partial charge in [0.15, 0.2) is 0 Å². The summed E-state index contributed by atoms with van der Waals surface area (Å²) >= 11 is 8.41. The molecule has 10 heteroatoms. The van der Waals surface area contributed by atoms with Gasteiger partial charge in [0.1, 0.15) is 36.3 Å². The van der Waals surface area contributed by atoms with E-state index in [0.29, 0.717) is 41.6 Å². The Balaban J connectivity index is 1.27. The van der Waals surface area contributed by atoms with Gasteiger partial charge in [-0.3, -0.25) is 14.7 Å². The molecule has 0 spiro atoms. The molecule has 6 rings (SSSR count). The summed E-state index contributed by atoms with van der Waals surface area (Å²) in [7, 11) is 0. The summed E-state index contributed by atoms with van der Waals surface area (Å²) in [6, 6.07) is 19.9. The average molecular weight is 639 g/mol. The van der Waals surface area contributed by atoms with E-state index in [0.717, 1.165) is 50.0 Å². The topological polar surface area (TPSA) is 109 Å². The molecule has 1 fully saturated rings. The van der Waals surface area contributed by atoms with Crippen LogP contribution in [0.1, 0.15) is 47.6 Å². The molecule has 0 bridgehead atoms. The molecule has 0 radical (unpaired) electrons. The lowest BCUT2D eigenvalue weighted by atomic mass is 9.96. The summed E-state index contributed by atoms with van der Waals surface area (Å²) in [6.07, 6.45) is 4.50. The minimum atomic E-state index is -0.976. The number of nitrogens with zero attached hydrogens (tertiary/aromatic N) is 4. The Labute approximate surface area is 270 Å². The van der Waals surface area contributed by atoms with Gasteiger partial charge in [0.05, 0.1) is 26.3 Å². The van der Waals surface area contributed by atoms with E-state index in [1.165, 1.54) is 6.20 Å². The minimum Gasteiger partial charge on any atom is -0.488 e. The van der Waals surface area contributed by atoms with Crippen molar-refractivity contribution >= 4 is 39.1 Å². The van der Waals surface area contributed by atoms with E-state index < -0.39 is 11.5 Å². The molecule has 1 atom stereocenters. The zero-order chi connectivity index (χ0) is 31.6. The van der Waals surface area contributed by atoms with Crippen molar-refractivity contribution in [1.82, 2.24) is 14.9 Å². The van der Waals surface area contributed by atoms with E-state index in [-0.39, 0.29) is 13.2 Å². The molecule has 2 aromatic heterocycles. The number of carbonyl (C=O) groups is 1. The molecule has 0 unspecified atom stereocenters. The van der Waals surface area contributed by atoms with Crippen LogP contribution < -0.4 is 9.47 Å². The van der Waals surface area contributed by atoms with Crippen LogP contribution in [0.5, 0.6) is 11.5 Å². The van der Waals surface area contributed by atoms with Crippen LogP contribution in [0.25, 0.3) is 21.3 Å². The SMILES string of the molecule is Cc1c(COc2cc(OCc3cncc(C#N)c3)c(CN3CCC[C@@]3(C)C(=O)O)cc2Cl)cccc1-c1ccc2scnc2c1. The maximum Gasteiger partial charge on any atom is 0.323 e. The van der Waals surface area contributed by atoms with Crippen molar-refractivity contribution in [1.29, 1.82) is 5.26 Å². The van der Waals surface area contributed by atoms with Crippen LogP contribution in [0, 0.1) is 18.3 Å². The summed E-state index contributed by atoms with van der Waals surface area (Å²) in [5.41, 5.74) is 8.10. The number of hydrogen-bond donors (Lipinski definition) is 1. The molecular weight excluding hydrogens is 608 g/mol. The highest BCUT2D eigenvalue weighted by atomic mass is 35.5. The van der Waals surface area contributed by atoms with Gasteiger partial charge in [-0.05, 0) is 79.8 Å². The van der Waals surface area contributed by atoms with Gasteiger partial charge >= 0.3 is 5.97 Å². The highest BCUT2D eigenvalue weighted by Gasteiger charge is 2.43. The smallest absolute Gasteiger partial charge is 0.323 e. The molecule has 3 aromatic carbocycles. The molecule has 0 aliphatic carbocycles. The molecule has 3 heterocycles. The van der Waals surface area contributed by atoms with Crippen LogP contribution >= 0.6 is 22.9 Å². The van der Waals surface area contributed by atoms with E-state index in [2.05, 4.69) is 47.2 Å². The number of likely N-dealkylation sites (tertiary alicyclic amines) is 1. The second-order valence-electron chi connectivity index (χ2n) is 11.4. The van der Waals surface area contributed by atoms with Gasteiger partial charge in [-0.15, -0.1) is 11.3 Å². The third kappa shape index (κ3) is 6.36. The highest BCUT2D eigenvalue weighted by molar-refractivity contribution is 7.16. The van der Waals surface area contributed by atoms with Gasteiger partial charge in [0.2, 0.25) is 0 Å². The van der Waals surface area contributed by atoms with Crippen LogP contribution in [0.2, 0.25) is 5.02 Å². The zero-order valence-electron chi connectivity index (χ0n) is 24.9. The molecule has 45 heavy (non-hydrogen) atoms. The monoisotopic (exact) mass is 638 g/mol. The molecular formula is C35H31ClN4O4S. The predicted molar refractivity (Wildman–Crippen MR) is 175 cm³/mol. The standard InChI is InChI=1S/C35H31ClN4O4S/c1-22-26(5-3-6-28(22)25-7-8-33-30(13-25)39-21-45-33)20-44-32-14-31(43-19-24-11-23(15-37)16-38-17-24)27(12-29(32)36)18-40-10-4-9-35(40,2)34(41)42/h3,5-8,11-14,16-17,21H,4,9-10,18-20H2,1-2H3,(H,41,42)/t35-/m0/s1. The van der Waals surface area contributed by atoms with Crippen LogP contribution in [0.15, 0.2) is 72.5 Å². The summed E-state index contributed by atoms with van der Waals surface area (Å²) in [4.78, 5) is 22.7. The minimum absolute atomic E-state index is 0.164. The van der Waals surface area contributed by atoms with E-state index in [1.54, 1.807) is 42.7 Å². The van der Waals surface area contributed by atoms with Crippen molar-refractivity contribution in [2.45, 2.75) is 52.0 Å². The fraction of sp³-hybridized carbons (Fsp3) is 0.257. The molecule has 1 saturated heterocycles. The number of carboxylic acid groups (broad SMARTS) is 1. The second-order valence-corrected chi connectivity index (χ2v) is 12.7. The van der Waals surface area contributed by atoms with Crippen molar-refractivity contribution in [3.05, 3.63) is 105 Å². The quantitative estimate of drug-likeness (QED) is 0.165. The van der Waals surface area contributed by atoms with Crippen LogP contribution in [-0.4, -0.2) is 38.0 Å². The van der Waals surface area contributed by atoms with E-state index in [4.69, 9.17) is 21.1 Å². The molecule has 1 N–H and O–H groups in total. The lowest BCUT2D eigenvalue weighted by Gasteiger charge is -2.31. The first-order valence-corrected chi connectivity index (χ1v) is 15.8. The van der Waals surface area contributed by atoms with E-state index >= 15 is 0 Å². The Hall–Kier alpha value is -4.49. The molecule has 5 aromatic rings. The van der Waals surface area contributed by atoms with Crippen molar-refractivity contribution < 1.29 is 19.4 Å². The largest absolute Gasteiger partial charge is 0.488 e. The van der Waals surface area contributed by atoms with Gasteiger partial charge in [0, 0.05) is 36.1 Å². The molecule has 8 nitrogen and oxygen atoms in total. The van der Waals surface area contributed by atoms with Crippen molar-refractivity contribution in [3.63, 3.8) is 0 Å². The number of ether oxygens (including phenoxy) is 2. The first-order valence-electron chi connectivity index (χ1n) is 14.6. The third-order valence-electron chi connectivity index (χ3n) is 8.52. The highest BCUT2D eigenvalue weighted by Crippen LogP contribution is 2.38. The number of rotatable bonds is 10. The van der Waals surface area contributed by atoms with Gasteiger partial charge in [-0.25, -0.2) is 4.98 Å². The maximum atomic E-state index is 12.2.